The zero-order valence-electron chi connectivity index (χ0n) is 17.5. The zero-order valence-corrected chi connectivity index (χ0v) is 19.1. The van der Waals surface area contributed by atoms with E-state index >= 15 is 0 Å². The minimum atomic E-state index is -2.15. The van der Waals surface area contributed by atoms with Gasteiger partial charge in [0.2, 0.25) is 0 Å². The Hall–Kier alpha value is -2.14. The van der Waals surface area contributed by atoms with Gasteiger partial charge >= 0.3 is 0 Å². The molecule has 0 radical (unpaired) electrons. The van der Waals surface area contributed by atoms with E-state index in [1.165, 1.54) is 32.6 Å². The van der Waals surface area contributed by atoms with Crippen LogP contribution in [0.5, 0.6) is 0 Å². The fraction of sp³-hybridized carbons (Fsp3) is 0.185. The van der Waals surface area contributed by atoms with Crippen molar-refractivity contribution < 1.29 is 0 Å². The van der Waals surface area contributed by atoms with E-state index in [9.17, 15) is 0 Å². The van der Waals surface area contributed by atoms with Crippen molar-refractivity contribution in [1.29, 1.82) is 0 Å². The Labute approximate surface area is 180 Å². The van der Waals surface area contributed by atoms with Crippen LogP contribution >= 0.6 is 18.9 Å². The highest BCUT2D eigenvalue weighted by Crippen LogP contribution is 2.73. The van der Waals surface area contributed by atoms with E-state index in [1.807, 2.05) is 0 Å². The van der Waals surface area contributed by atoms with Gasteiger partial charge in [-0.3, -0.25) is 0 Å². The molecule has 1 aliphatic rings. The van der Waals surface area contributed by atoms with Gasteiger partial charge in [-0.15, -0.1) is 0 Å². The molecule has 1 aliphatic carbocycles. The first-order valence-corrected chi connectivity index (χ1v) is 12.2. The van der Waals surface area contributed by atoms with Crippen LogP contribution in [0.25, 0.3) is 0 Å². The topological polar surface area (TPSA) is 0 Å². The van der Waals surface area contributed by atoms with Crippen molar-refractivity contribution in [3.05, 3.63) is 113 Å². The summed E-state index contributed by atoms with van der Waals surface area (Å²) < 4.78 is 0. The summed E-state index contributed by atoms with van der Waals surface area (Å²) in [7, 11) is -2.15. The Morgan fingerprint density at radius 2 is 0.931 bits per heavy atom. The van der Waals surface area contributed by atoms with E-state index in [2.05, 4.69) is 119 Å². The predicted molar refractivity (Wildman–Crippen MR) is 130 cm³/mol. The van der Waals surface area contributed by atoms with Crippen LogP contribution in [0.1, 0.15) is 27.7 Å². The normalized spacial score (nSPS) is 19.8. The van der Waals surface area contributed by atoms with E-state index in [0.717, 1.165) is 5.03 Å². The first kappa shape index (κ1) is 20.1. The average molecular weight is 418 g/mol. The standard InChI is InChI=1S/C27H27ClP/c1-20-21(2)26(28)27(4,22(20)3)29(23-14-8-5-9-15-23,24-16-10-6-11-17-24)25-18-12-7-13-19-25/h5-19H,1-4H3/q+1. The first-order chi connectivity index (χ1) is 14.0. The maximum atomic E-state index is 7.26. The smallest absolute Gasteiger partial charge is 0.0838 e. The van der Waals surface area contributed by atoms with Crippen molar-refractivity contribution in [3.8, 4) is 0 Å². The average Bonchev–Trinajstić information content (AvgIpc) is 2.93. The third-order valence-electron chi connectivity index (χ3n) is 6.71. The highest BCUT2D eigenvalue weighted by molar-refractivity contribution is 7.97. The molecule has 0 aromatic heterocycles. The highest BCUT2D eigenvalue weighted by Gasteiger charge is 2.64. The quantitative estimate of drug-likeness (QED) is 0.419. The maximum Gasteiger partial charge on any atom is 0.148 e. The van der Waals surface area contributed by atoms with Crippen molar-refractivity contribution in [3.63, 3.8) is 0 Å². The summed E-state index contributed by atoms with van der Waals surface area (Å²) in [5.41, 5.74) is 3.92. The lowest BCUT2D eigenvalue weighted by atomic mass is 10.0. The third-order valence-corrected chi connectivity index (χ3v) is 12.6. The molecule has 1 unspecified atom stereocenters. The molecule has 2 heteroatoms. The molecule has 0 nitrogen and oxygen atoms in total. The van der Waals surface area contributed by atoms with Crippen LogP contribution < -0.4 is 15.9 Å². The summed E-state index contributed by atoms with van der Waals surface area (Å²) in [6.45, 7) is 9.03. The summed E-state index contributed by atoms with van der Waals surface area (Å²) in [5.74, 6) is 0. The Morgan fingerprint density at radius 1 is 0.586 bits per heavy atom. The van der Waals surface area contributed by atoms with Gasteiger partial charge in [0.25, 0.3) is 0 Å². The van der Waals surface area contributed by atoms with Gasteiger partial charge < -0.3 is 0 Å². The minimum Gasteiger partial charge on any atom is -0.0838 e. The summed E-state index contributed by atoms with van der Waals surface area (Å²) >= 11 is 7.26. The molecular formula is C27H27ClP+. The third kappa shape index (κ3) is 2.77. The van der Waals surface area contributed by atoms with Gasteiger partial charge in [-0.05, 0) is 80.8 Å². The van der Waals surface area contributed by atoms with Gasteiger partial charge in [0.1, 0.15) is 28.3 Å². The van der Waals surface area contributed by atoms with Crippen LogP contribution in [0, 0.1) is 0 Å². The van der Waals surface area contributed by atoms with E-state index in [0.29, 0.717) is 0 Å². The van der Waals surface area contributed by atoms with Crippen LogP contribution in [0.4, 0.5) is 0 Å². The van der Waals surface area contributed by atoms with Crippen LogP contribution in [0.2, 0.25) is 0 Å². The highest BCUT2D eigenvalue weighted by atomic mass is 35.5. The van der Waals surface area contributed by atoms with E-state index < -0.39 is 7.26 Å². The summed E-state index contributed by atoms with van der Waals surface area (Å²) in [5, 5.41) is 4.78. The molecular weight excluding hydrogens is 391 g/mol. The maximum absolute atomic E-state index is 7.26. The van der Waals surface area contributed by atoms with E-state index in [1.54, 1.807) is 0 Å². The number of hydrogen-bond acceptors (Lipinski definition) is 0. The van der Waals surface area contributed by atoms with Gasteiger partial charge in [0, 0.05) is 0 Å². The number of halogens is 1. The molecule has 0 heterocycles. The number of allylic oxidation sites excluding steroid dienone is 4. The predicted octanol–water partition coefficient (Wildman–Crippen LogP) is 6.60. The molecule has 0 amide bonds. The van der Waals surface area contributed by atoms with Gasteiger partial charge in [0.15, 0.2) is 0 Å². The van der Waals surface area contributed by atoms with E-state index in [4.69, 9.17) is 11.6 Å². The molecule has 0 bridgehead atoms. The Bertz CT molecular complexity index is 958. The lowest BCUT2D eigenvalue weighted by Crippen LogP contribution is -2.46. The van der Waals surface area contributed by atoms with Gasteiger partial charge in [0.05, 0.1) is 5.03 Å². The fourth-order valence-corrected chi connectivity index (χ4v) is 11.0. The molecule has 0 saturated heterocycles. The van der Waals surface area contributed by atoms with Crippen LogP contribution in [0.15, 0.2) is 113 Å². The number of hydrogen-bond donors (Lipinski definition) is 0. The molecule has 0 N–H and O–H groups in total. The van der Waals surface area contributed by atoms with Crippen LogP contribution in [-0.4, -0.2) is 5.16 Å². The SMILES string of the molecule is CC1=C(C)C(C)([P+](c2ccccc2)(c2ccccc2)c2ccccc2)C(Cl)=C1C. The second-order valence-corrected chi connectivity index (χ2v) is 12.1. The van der Waals surface area contributed by atoms with Crippen molar-refractivity contribution in [2.24, 2.45) is 0 Å². The molecule has 3 aromatic carbocycles. The molecule has 0 spiro atoms. The molecule has 0 saturated carbocycles. The molecule has 4 rings (SSSR count). The molecule has 146 valence electrons. The van der Waals surface area contributed by atoms with Crippen molar-refractivity contribution in [2.45, 2.75) is 32.9 Å². The monoisotopic (exact) mass is 417 g/mol. The van der Waals surface area contributed by atoms with Crippen molar-refractivity contribution in [2.75, 3.05) is 0 Å². The van der Waals surface area contributed by atoms with Crippen LogP contribution in [0.3, 0.4) is 0 Å². The Kier molecular flexibility index (Phi) is 5.28. The summed E-state index contributed by atoms with van der Waals surface area (Å²) in [6.07, 6.45) is 0. The van der Waals surface area contributed by atoms with E-state index in [-0.39, 0.29) is 5.16 Å². The Morgan fingerprint density at radius 3 is 1.21 bits per heavy atom. The second-order valence-electron chi connectivity index (χ2n) is 7.94. The van der Waals surface area contributed by atoms with Crippen LogP contribution in [-0.2, 0) is 0 Å². The first-order valence-electron chi connectivity index (χ1n) is 10.1. The number of benzene rings is 3. The van der Waals surface area contributed by atoms with Crippen molar-refractivity contribution >= 4 is 34.8 Å². The minimum absolute atomic E-state index is 0.285. The fourth-order valence-electron chi connectivity index (χ4n) is 4.92. The summed E-state index contributed by atoms with van der Waals surface area (Å²) in [4.78, 5) is 0. The largest absolute Gasteiger partial charge is 0.148 e. The molecule has 0 aliphatic heterocycles. The molecule has 3 aromatic rings. The lowest BCUT2D eigenvalue weighted by molar-refractivity contribution is 0.903. The van der Waals surface area contributed by atoms with Crippen molar-refractivity contribution in [1.82, 2.24) is 0 Å². The van der Waals surface area contributed by atoms with Gasteiger partial charge in [-0.1, -0.05) is 66.2 Å². The lowest BCUT2D eigenvalue weighted by Gasteiger charge is -2.42. The second kappa shape index (κ2) is 7.60. The zero-order chi connectivity index (χ0) is 20.6. The summed E-state index contributed by atoms with van der Waals surface area (Å²) in [6, 6.07) is 33.0. The molecule has 1 atom stereocenters. The molecule has 29 heavy (non-hydrogen) atoms. The van der Waals surface area contributed by atoms with Gasteiger partial charge in [-0.25, -0.2) is 0 Å². The molecule has 0 fully saturated rings. The van der Waals surface area contributed by atoms with Gasteiger partial charge in [-0.2, -0.15) is 0 Å². The Balaban J connectivity index is 2.22. The number of rotatable bonds is 4.